The third-order valence-corrected chi connectivity index (χ3v) is 4.98. The number of carbonyl (C=O) groups is 1. The highest BCUT2D eigenvalue weighted by molar-refractivity contribution is 6.08. The molecule has 6 nitrogen and oxygen atoms in total. The molecule has 0 aliphatic carbocycles. The Morgan fingerprint density at radius 2 is 2.08 bits per heavy atom. The van der Waals surface area contributed by atoms with Gasteiger partial charge in [-0.25, -0.2) is 0 Å². The number of aryl methyl sites for hydroxylation is 1. The third-order valence-electron chi connectivity index (χ3n) is 4.98. The molecule has 2 heterocycles. The predicted molar refractivity (Wildman–Crippen MR) is 101 cm³/mol. The highest BCUT2D eigenvalue weighted by Crippen LogP contribution is 2.30. The van der Waals surface area contributed by atoms with E-state index in [1.165, 1.54) is 0 Å². The van der Waals surface area contributed by atoms with Crippen LogP contribution in [0.3, 0.4) is 0 Å². The van der Waals surface area contributed by atoms with Gasteiger partial charge < -0.3 is 19.1 Å². The first-order chi connectivity index (χ1) is 12.5. The van der Waals surface area contributed by atoms with Gasteiger partial charge in [0.05, 0.1) is 13.2 Å². The molecule has 1 aromatic heterocycles. The molecule has 1 aromatic carbocycles. The number of ether oxygens (including phenoxy) is 2. The first-order valence-corrected chi connectivity index (χ1v) is 9.26. The fraction of sp³-hybridized carbons (Fsp3) is 0.550. The number of aliphatic hydroxyl groups excluding tert-OH is 1. The van der Waals surface area contributed by atoms with Crippen molar-refractivity contribution in [1.82, 2.24) is 9.47 Å². The first-order valence-electron chi connectivity index (χ1n) is 9.26. The number of hydrogen-bond acceptors (Lipinski definition) is 5. The summed E-state index contributed by atoms with van der Waals surface area (Å²) in [4.78, 5) is 14.3. The number of fused-ring (bicyclic) bond motifs is 1. The van der Waals surface area contributed by atoms with Crippen molar-refractivity contribution in [2.75, 3.05) is 39.5 Å². The number of morpholine rings is 1. The largest absolute Gasteiger partial charge is 0.491 e. The number of ketones is 1. The van der Waals surface area contributed by atoms with E-state index in [2.05, 4.69) is 16.4 Å². The van der Waals surface area contributed by atoms with Crippen molar-refractivity contribution in [2.24, 2.45) is 0 Å². The van der Waals surface area contributed by atoms with E-state index in [1.807, 2.05) is 25.1 Å². The molecule has 1 unspecified atom stereocenters. The van der Waals surface area contributed by atoms with Crippen molar-refractivity contribution in [3.63, 3.8) is 0 Å². The molecule has 1 saturated heterocycles. The van der Waals surface area contributed by atoms with Crippen LogP contribution in [0.4, 0.5) is 0 Å². The number of aromatic nitrogens is 1. The quantitative estimate of drug-likeness (QED) is 0.767. The predicted octanol–water partition coefficient (Wildman–Crippen LogP) is 2.24. The summed E-state index contributed by atoms with van der Waals surface area (Å²) in [7, 11) is 0. The van der Waals surface area contributed by atoms with Crippen molar-refractivity contribution in [3.8, 4) is 5.75 Å². The van der Waals surface area contributed by atoms with Gasteiger partial charge in [0.2, 0.25) is 0 Å². The highest BCUT2D eigenvalue weighted by atomic mass is 16.5. The van der Waals surface area contributed by atoms with Crippen molar-refractivity contribution in [2.45, 2.75) is 33.4 Å². The number of hydrogen-bond donors (Lipinski definition) is 1. The zero-order chi connectivity index (χ0) is 18.7. The molecule has 0 saturated carbocycles. The maximum Gasteiger partial charge on any atom is 0.162 e. The van der Waals surface area contributed by atoms with E-state index in [1.54, 1.807) is 6.92 Å². The molecule has 2 aromatic rings. The SMILES string of the molecule is CCn1c(C)c(C(C)=O)c2cc(OCC(O)CN3CCOCC3)ccc21. The monoisotopic (exact) mass is 360 g/mol. The maximum atomic E-state index is 12.1. The van der Waals surface area contributed by atoms with Gasteiger partial charge in [-0.2, -0.15) is 0 Å². The van der Waals surface area contributed by atoms with Crippen LogP contribution in [0.2, 0.25) is 0 Å². The lowest BCUT2D eigenvalue weighted by molar-refractivity contribution is 0.00466. The normalized spacial score (nSPS) is 16.8. The Balaban J connectivity index is 1.72. The fourth-order valence-corrected chi connectivity index (χ4v) is 3.73. The molecule has 0 radical (unpaired) electrons. The number of carbonyl (C=O) groups excluding carboxylic acids is 1. The van der Waals surface area contributed by atoms with Crippen LogP contribution in [-0.2, 0) is 11.3 Å². The van der Waals surface area contributed by atoms with Gasteiger partial charge in [0, 0.05) is 48.3 Å². The minimum atomic E-state index is -0.557. The van der Waals surface area contributed by atoms with Crippen LogP contribution in [0.1, 0.15) is 29.9 Å². The Bertz CT molecular complexity index is 778. The van der Waals surface area contributed by atoms with E-state index < -0.39 is 6.10 Å². The van der Waals surface area contributed by atoms with Gasteiger partial charge in [-0.05, 0) is 39.0 Å². The Hall–Kier alpha value is -1.89. The van der Waals surface area contributed by atoms with Crippen LogP contribution >= 0.6 is 0 Å². The smallest absolute Gasteiger partial charge is 0.162 e. The standard InChI is InChI=1S/C20H28N2O4/c1-4-22-14(2)20(15(3)23)18-11-17(5-6-19(18)22)26-13-16(24)12-21-7-9-25-10-8-21/h5-6,11,16,24H,4,7-10,12-13H2,1-3H3. The lowest BCUT2D eigenvalue weighted by Gasteiger charge is -2.28. The van der Waals surface area contributed by atoms with E-state index in [-0.39, 0.29) is 12.4 Å². The third kappa shape index (κ3) is 3.92. The van der Waals surface area contributed by atoms with Crippen LogP contribution in [0.5, 0.6) is 5.75 Å². The maximum absolute atomic E-state index is 12.1. The molecule has 3 rings (SSSR count). The molecule has 1 aliphatic heterocycles. The van der Waals surface area contributed by atoms with Gasteiger partial charge in [-0.1, -0.05) is 0 Å². The molecular formula is C20H28N2O4. The number of benzene rings is 1. The van der Waals surface area contributed by atoms with E-state index >= 15 is 0 Å². The summed E-state index contributed by atoms with van der Waals surface area (Å²) in [5.41, 5.74) is 2.78. The first kappa shape index (κ1) is 18.9. The molecule has 1 fully saturated rings. The van der Waals surface area contributed by atoms with Gasteiger partial charge >= 0.3 is 0 Å². The van der Waals surface area contributed by atoms with Gasteiger partial charge in [0.25, 0.3) is 0 Å². The van der Waals surface area contributed by atoms with E-state index in [0.717, 1.165) is 41.8 Å². The van der Waals surface area contributed by atoms with Gasteiger partial charge in [0.15, 0.2) is 5.78 Å². The molecule has 0 bridgehead atoms. The Kier molecular flexibility index (Phi) is 5.96. The van der Waals surface area contributed by atoms with Crippen molar-refractivity contribution in [3.05, 3.63) is 29.5 Å². The zero-order valence-electron chi connectivity index (χ0n) is 15.8. The average Bonchev–Trinajstić information content (AvgIpc) is 2.91. The van der Waals surface area contributed by atoms with Crippen LogP contribution in [0, 0.1) is 6.92 Å². The molecule has 1 N–H and O–H groups in total. The van der Waals surface area contributed by atoms with Crippen molar-refractivity contribution in [1.29, 1.82) is 0 Å². The molecule has 0 spiro atoms. The number of β-amino-alcohol motifs (C(OH)–C–C–N with tert-alkyl or cyclic N) is 1. The molecule has 6 heteroatoms. The molecule has 1 aliphatic rings. The number of nitrogens with zero attached hydrogens (tertiary/aromatic N) is 2. The van der Waals surface area contributed by atoms with Crippen molar-refractivity contribution >= 4 is 16.7 Å². The number of Topliss-reactive ketones (excluding diaryl/α,β-unsaturated/α-hetero) is 1. The van der Waals surface area contributed by atoms with E-state index in [4.69, 9.17) is 9.47 Å². The topological polar surface area (TPSA) is 63.9 Å². The summed E-state index contributed by atoms with van der Waals surface area (Å²) in [5, 5.41) is 11.2. The minimum absolute atomic E-state index is 0.0594. The fourth-order valence-electron chi connectivity index (χ4n) is 3.73. The highest BCUT2D eigenvalue weighted by Gasteiger charge is 2.18. The molecule has 142 valence electrons. The molecule has 26 heavy (non-hydrogen) atoms. The van der Waals surface area contributed by atoms with Crippen molar-refractivity contribution < 1.29 is 19.4 Å². The molecule has 0 amide bonds. The summed E-state index contributed by atoms with van der Waals surface area (Å²) in [5.74, 6) is 0.735. The summed E-state index contributed by atoms with van der Waals surface area (Å²) in [6.07, 6.45) is -0.557. The van der Waals surface area contributed by atoms with Gasteiger partial charge in [-0.15, -0.1) is 0 Å². The lowest BCUT2D eigenvalue weighted by Crippen LogP contribution is -2.42. The van der Waals surface area contributed by atoms with E-state index in [9.17, 15) is 9.90 Å². The molecular weight excluding hydrogens is 332 g/mol. The molecule has 1 atom stereocenters. The second kappa shape index (κ2) is 8.20. The Morgan fingerprint density at radius 1 is 1.35 bits per heavy atom. The van der Waals surface area contributed by atoms with Crippen LogP contribution in [0.15, 0.2) is 18.2 Å². The number of rotatable bonds is 7. The van der Waals surface area contributed by atoms with Crippen LogP contribution < -0.4 is 4.74 Å². The summed E-state index contributed by atoms with van der Waals surface area (Å²) in [6, 6.07) is 5.80. The minimum Gasteiger partial charge on any atom is -0.491 e. The van der Waals surface area contributed by atoms with Crippen LogP contribution in [-0.4, -0.2) is 65.9 Å². The Morgan fingerprint density at radius 3 is 2.73 bits per heavy atom. The second-order valence-corrected chi connectivity index (χ2v) is 6.82. The van der Waals surface area contributed by atoms with Gasteiger partial charge in [0.1, 0.15) is 18.5 Å². The lowest BCUT2D eigenvalue weighted by atomic mass is 10.1. The van der Waals surface area contributed by atoms with Crippen LogP contribution in [0.25, 0.3) is 10.9 Å². The Labute approximate surface area is 154 Å². The summed E-state index contributed by atoms with van der Waals surface area (Å²) in [6.45, 7) is 10.4. The van der Waals surface area contributed by atoms with E-state index in [0.29, 0.717) is 25.5 Å². The summed E-state index contributed by atoms with van der Waals surface area (Å²) < 4.78 is 13.3. The summed E-state index contributed by atoms with van der Waals surface area (Å²) >= 11 is 0. The second-order valence-electron chi connectivity index (χ2n) is 6.82. The van der Waals surface area contributed by atoms with Gasteiger partial charge in [-0.3, -0.25) is 9.69 Å². The average molecular weight is 360 g/mol. The number of aliphatic hydroxyl groups is 1. The zero-order valence-corrected chi connectivity index (χ0v) is 15.8.